The van der Waals surface area contributed by atoms with Gasteiger partial charge < -0.3 is 0 Å². The Hall–Kier alpha value is -2.14. The van der Waals surface area contributed by atoms with E-state index in [1.165, 1.54) is 5.56 Å². The van der Waals surface area contributed by atoms with E-state index in [0.717, 1.165) is 29.4 Å². The number of aryl methyl sites for hydroxylation is 1. The first-order valence-corrected chi connectivity index (χ1v) is 10.3. The second-order valence-corrected chi connectivity index (χ2v) is 8.47. The lowest BCUT2D eigenvalue weighted by molar-refractivity contribution is 0.0980. The zero-order chi connectivity index (χ0) is 18.6. The van der Waals surface area contributed by atoms with Crippen LogP contribution in [0.15, 0.2) is 42.5 Å². The average Bonchev–Trinajstić information content (AvgIpc) is 2.52. The van der Waals surface area contributed by atoms with E-state index in [1.807, 2.05) is 12.1 Å². The molecule has 2 rings (SSSR count). The maximum Gasteiger partial charge on any atom is 0.264 e. The zero-order valence-electron chi connectivity index (χ0n) is 15.2. The van der Waals surface area contributed by atoms with Gasteiger partial charge in [-0.25, -0.2) is 13.1 Å². The van der Waals surface area contributed by atoms with Crippen molar-refractivity contribution in [2.75, 3.05) is 6.26 Å². The topological polar surface area (TPSA) is 63.2 Å². The second kappa shape index (κ2) is 7.83. The number of amides is 1. The maximum atomic E-state index is 12.3. The van der Waals surface area contributed by atoms with E-state index in [0.29, 0.717) is 17.9 Å². The number of hydrogen-bond acceptors (Lipinski definition) is 3. The molecular weight excluding hydrogens is 334 g/mol. The summed E-state index contributed by atoms with van der Waals surface area (Å²) >= 11 is 0. The molecule has 0 unspecified atom stereocenters. The van der Waals surface area contributed by atoms with Crippen LogP contribution in [0.4, 0.5) is 0 Å². The molecule has 0 spiro atoms. The van der Waals surface area contributed by atoms with Crippen molar-refractivity contribution in [3.63, 3.8) is 0 Å². The highest BCUT2D eigenvalue weighted by Crippen LogP contribution is 2.25. The first-order valence-electron chi connectivity index (χ1n) is 8.44. The molecule has 0 aromatic heterocycles. The molecule has 2 aromatic rings. The van der Waals surface area contributed by atoms with Crippen molar-refractivity contribution >= 4 is 15.9 Å². The van der Waals surface area contributed by atoms with Crippen molar-refractivity contribution in [3.8, 4) is 11.1 Å². The average molecular weight is 359 g/mol. The van der Waals surface area contributed by atoms with Gasteiger partial charge in [-0.05, 0) is 47.1 Å². The summed E-state index contributed by atoms with van der Waals surface area (Å²) in [5.41, 5.74) is 4.64. The Morgan fingerprint density at radius 3 is 2.16 bits per heavy atom. The van der Waals surface area contributed by atoms with Crippen molar-refractivity contribution in [3.05, 3.63) is 59.2 Å². The molecule has 0 aliphatic heterocycles. The first-order chi connectivity index (χ1) is 11.7. The summed E-state index contributed by atoms with van der Waals surface area (Å²) in [6, 6.07) is 13.9. The van der Waals surface area contributed by atoms with Crippen molar-refractivity contribution < 1.29 is 13.2 Å². The van der Waals surface area contributed by atoms with E-state index in [-0.39, 0.29) is 0 Å². The normalized spacial score (nSPS) is 11.6. The molecule has 5 heteroatoms. The third-order valence-electron chi connectivity index (χ3n) is 3.95. The van der Waals surface area contributed by atoms with E-state index in [1.54, 1.807) is 6.07 Å². The van der Waals surface area contributed by atoms with Crippen molar-refractivity contribution in [2.24, 2.45) is 5.92 Å². The Morgan fingerprint density at radius 2 is 1.64 bits per heavy atom. The molecule has 0 aliphatic rings. The minimum atomic E-state index is -3.59. The summed E-state index contributed by atoms with van der Waals surface area (Å²) in [6.07, 6.45) is 2.67. The Kier molecular flexibility index (Phi) is 6.01. The minimum Gasteiger partial charge on any atom is -0.268 e. The summed E-state index contributed by atoms with van der Waals surface area (Å²) < 4.78 is 24.8. The highest BCUT2D eigenvalue weighted by atomic mass is 32.2. The summed E-state index contributed by atoms with van der Waals surface area (Å²) in [5.74, 6) is -0.228. The van der Waals surface area contributed by atoms with Gasteiger partial charge in [0.25, 0.3) is 5.91 Å². The van der Waals surface area contributed by atoms with E-state index in [4.69, 9.17) is 0 Å². The smallest absolute Gasteiger partial charge is 0.264 e. The zero-order valence-corrected chi connectivity index (χ0v) is 16.0. The van der Waals surface area contributed by atoms with Crippen molar-refractivity contribution in [2.45, 2.75) is 33.6 Å². The lowest BCUT2D eigenvalue weighted by Crippen LogP contribution is -2.30. The van der Waals surface area contributed by atoms with Gasteiger partial charge in [0.1, 0.15) is 0 Å². The minimum absolute atomic E-state index is 0.350. The SMILES string of the molecule is CCc1ccc(-c2ccc(C(=O)NS(C)(=O)=O)c(CC(C)C)c2)cc1. The molecule has 0 saturated carbocycles. The molecule has 0 aliphatic carbocycles. The van der Waals surface area contributed by atoms with Crippen LogP contribution in [0, 0.1) is 5.92 Å². The molecule has 0 fully saturated rings. The van der Waals surface area contributed by atoms with Crippen LogP contribution in [0.25, 0.3) is 11.1 Å². The summed E-state index contributed by atoms with van der Waals surface area (Å²) in [5, 5.41) is 0. The fourth-order valence-corrected chi connectivity index (χ4v) is 3.21. The first kappa shape index (κ1) is 19.2. The Morgan fingerprint density at radius 1 is 1.04 bits per heavy atom. The van der Waals surface area contributed by atoms with E-state index < -0.39 is 15.9 Å². The highest BCUT2D eigenvalue weighted by molar-refractivity contribution is 7.89. The fourth-order valence-electron chi connectivity index (χ4n) is 2.76. The molecule has 1 amide bonds. The Balaban J connectivity index is 2.43. The number of carbonyl (C=O) groups excluding carboxylic acids is 1. The number of benzene rings is 2. The molecule has 0 atom stereocenters. The van der Waals surface area contributed by atoms with Gasteiger partial charge in [-0.15, -0.1) is 0 Å². The Labute approximate surface area is 150 Å². The summed E-state index contributed by atoms with van der Waals surface area (Å²) in [4.78, 5) is 12.3. The molecule has 0 bridgehead atoms. The van der Waals surface area contributed by atoms with Gasteiger partial charge in [-0.1, -0.05) is 57.2 Å². The van der Waals surface area contributed by atoms with Crippen molar-refractivity contribution in [1.82, 2.24) is 4.72 Å². The third-order valence-corrected chi connectivity index (χ3v) is 4.51. The lowest BCUT2D eigenvalue weighted by Gasteiger charge is -2.14. The summed E-state index contributed by atoms with van der Waals surface area (Å²) in [6.45, 7) is 6.26. The van der Waals surface area contributed by atoms with Crippen LogP contribution >= 0.6 is 0 Å². The number of carbonyl (C=O) groups is 1. The lowest BCUT2D eigenvalue weighted by atomic mass is 9.93. The maximum absolute atomic E-state index is 12.3. The molecule has 134 valence electrons. The molecule has 1 N–H and O–H groups in total. The standard InChI is InChI=1S/C20H25NO3S/c1-5-15-6-8-16(9-7-15)17-10-11-19(18(13-17)12-14(2)3)20(22)21-25(4,23)24/h6-11,13-14H,5,12H2,1-4H3,(H,21,22). The van der Waals surface area contributed by atoms with Crippen molar-refractivity contribution in [1.29, 1.82) is 0 Å². The van der Waals surface area contributed by atoms with Crippen LogP contribution in [0.2, 0.25) is 0 Å². The molecule has 0 saturated heterocycles. The van der Waals surface area contributed by atoms with Gasteiger partial charge in [0.15, 0.2) is 0 Å². The molecule has 4 nitrogen and oxygen atoms in total. The van der Waals surface area contributed by atoms with Crippen LogP contribution in [0.3, 0.4) is 0 Å². The van der Waals surface area contributed by atoms with E-state index >= 15 is 0 Å². The van der Waals surface area contributed by atoms with E-state index in [9.17, 15) is 13.2 Å². The van der Waals surface area contributed by atoms with E-state index in [2.05, 4.69) is 49.8 Å². The molecular formula is C20H25NO3S. The van der Waals surface area contributed by atoms with Crippen LogP contribution in [-0.2, 0) is 22.9 Å². The predicted octanol–water partition coefficient (Wildman–Crippen LogP) is 3.80. The van der Waals surface area contributed by atoms with Crippen LogP contribution in [0.1, 0.15) is 42.3 Å². The second-order valence-electron chi connectivity index (χ2n) is 6.72. The number of hydrogen-bond donors (Lipinski definition) is 1. The number of nitrogens with one attached hydrogen (secondary N) is 1. The van der Waals surface area contributed by atoms with Gasteiger partial charge in [0.2, 0.25) is 10.0 Å². The van der Waals surface area contributed by atoms with Gasteiger partial charge in [-0.2, -0.15) is 0 Å². The number of sulfonamides is 1. The van der Waals surface area contributed by atoms with Gasteiger partial charge in [0, 0.05) is 5.56 Å². The molecule has 2 aromatic carbocycles. The largest absolute Gasteiger partial charge is 0.268 e. The van der Waals surface area contributed by atoms with Crippen LogP contribution in [0.5, 0.6) is 0 Å². The molecule has 25 heavy (non-hydrogen) atoms. The predicted molar refractivity (Wildman–Crippen MR) is 102 cm³/mol. The monoisotopic (exact) mass is 359 g/mol. The quantitative estimate of drug-likeness (QED) is 0.853. The summed E-state index contributed by atoms with van der Waals surface area (Å²) in [7, 11) is -3.59. The van der Waals surface area contributed by atoms with Gasteiger partial charge in [0.05, 0.1) is 6.26 Å². The van der Waals surface area contributed by atoms with Crippen LogP contribution < -0.4 is 4.72 Å². The molecule has 0 radical (unpaired) electrons. The highest BCUT2D eigenvalue weighted by Gasteiger charge is 2.16. The Bertz CT molecular complexity index is 853. The fraction of sp³-hybridized carbons (Fsp3) is 0.350. The van der Waals surface area contributed by atoms with Gasteiger partial charge in [-0.3, -0.25) is 4.79 Å². The van der Waals surface area contributed by atoms with Gasteiger partial charge >= 0.3 is 0 Å². The molecule has 0 heterocycles. The number of rotatable bonds is 6. The van der Waals surface area contributed by atoms with Crippen LogP contribution in [-0.4, -0.2) is 20.6 Å². The third kappa shape index (κ3) is 5.43.